The minimum Gasteiger partial charge on any atom is -0.349 e. The van der Waals surface area contributed by atoms with Gasteiger partial charge < -0.3 is 11.1 Å². The second-order valence-corrected chi connectivity index (χ2v) is 5.00. The molecule has 1 aliphatic rings. The summed E-state index contributed by atoms with van der Waals surface area (Å²) >= 11 is 0. The van der Waals surface area contributed by atoms with E-state index in [1.54, 1.807) is 0 Å². The predicted molar refractivity (Wildman–Crippen MR) is 73.5 cm³/mol. The first-order chi connectivity index (χ1) is 8.81. The second kappa shape index (κ2) is 6.55. The third-order valence-corrected chi connectivity index (χ3v) is 3.62. The fourth-order valence-electron chi connectivity index (χ4n) is 2.63. The summed E-state index contributed by atoms with van der Waals surface area (Å²) < 4.78 is 0. The van der Waals surface area contributed by atoms with E-state index >= 15 is 0 Å². The smallest absolute Gasteiger partial charge is 0.251 e. The highest BCUT2D eigenvalue weighted by atomic mass is 16.1. The van der Waals surface area contributed by atoms with Crippen molar-refractivity contribution in [3.05, 3.63) is 35.4 Å². The number of nitrogens with two attached hydrogens (primary N) is 1. The highest BCUT2D eigenvalue weighted by molar-refractivity contribution is 5.95. The lowest BCUT2D eigenvalue weighted by Gasteiger charge is -2.23. The van der Waals surface area contributed by atoms with Gasteiger partial charge in [-0.3, -0.25) is 4.79 Å². The van der Waals surface area contributed by atoms with Gasteiger partial charge in [0.05, 0.1) is 0 Å². The average Bonchev–Trinajstić information content (AvgIpc) is 2.41. The van der Waals surface area contributed by atoms with E-state index in [2.05, 4.69) is 5.32 Å². The molecule has 1 saturated carbocycles. The Morgan fingerprint density at radius 1 is 1.22 bits per heavy atom. The third-order valence-electron chi connectivity index (χ3n) is 3.62. The van der Waals surface area contributed by atoms with Gasteiger partial charge in [0.25, 0.3) is 5.91 Å². The maximum absolute atomic E-state index is 12.3. The van der Waals surface area contributed by atoms with Crippen molar-refractivity contribution in [2.45, 2.75) is 44.6 Å². The van der Waals surface area contributed by atoms with E-state index in [0.717, 1.165) is 30.4 Å². The number of hydrogen-bond acceptors (Lipinski definition) is 2. The summed E-state index contributed by atoms with van der Waals surface area (Å²) in [4.78, 5) is 12.3. The van der Waals surface area contributed by atoms with Crippen molar-refractivity contribution in [1.82, 2.24) is 5.32 Å². The first-order valence-corrected chi connectivity index (χ1v) is 6.90. The van der Waals surface area contributed by atoms with Crippen LogP contribution >= 0.6 is 0 Å². The SMILES string of the molecule is NCCc1ccccc1C(=O)NC1CCCCC1. The zero-order valence-corrected chi connectivity index (χ0v) is 10.8. The van der Waals surface area contributed by atoms with Gasteiger partial charge in [-0.25, -0.2) is 0 Å². The molecule has 2 rings (SSSR count). The van der Waals surface area contributed by atoms with Crippen molar-refractivity contribution in [2.75, 3.05) is 6.54 Å². The molecule has 1 aliphatic carbocycles. The molecular weight excluding hydrogens is 224 g/mol. The van der Waals surface area contributed by atoms with Gasteiger partial charge in [-0.05, 0) is 37.4 Å². The van der Waals surface area contributed by atoms with E-state index in [9.17, 15) is 4.79 Å². The summed E-state index contributed by atoms with van der Waals surface area (Å²) in [6.45, 7) is 0.577. The molecule has 0 saturated heterocycles. The van der Waals surface area contributed by atoms with E-state index in [-0.39, 0.29) is 5.91 Å². The Bertz CT molecular complexity index is 397. The maximum atomic E-state index is 12.3. The lowest BCUT2D eigenvalue weighted by molar-refractivity contribution is 0.0927. The summed E-state index contributed by atoms with van der Waals surface area (Å²) in [6.07, 6.45) is 6.75. The summed E-state index contributed by atoms with van der Waals surface area (Å²) in [5.41, 5.74) is 7.42. The molecule has 0 atom stereocenters. The Kier molecular flexibility index (Phi) is 4.76. The standard InChI is InChI=1S/C15H22N2O/c16-11-10-12-6-4-5-9-14(12)15(18)17-13-7-2-1-3-8-13/h4-6,9,13H,1-3,7-8,10-11,16H2,(H,17,18). The normalized spacial score (nSPS) is 16.5. The first kappa shape index (κ1) is 13.1. The molecule has 0 unspecified atom stereocenters. The molecule has 18 heavy (non-hydrogen) atoms. The molecule has 98 valence electrons. The molecule has 1 aromatic rings. The Hall–Kier alpha value is -1.35. The number of amides is 1. The quantitative estimate of drug-likeness (QED) is 0.856. The van der Waals surface area contributed by atoms with Crippen molar-refractivity contribution in [2.24, 2.45) is 5.73 Å². The zero-order chi connectivity index (χ0) is 12.8. The van der Waals surface area contributed by atoms with E-state index < -0.39 is 0 Å². The van der Waals surface area contributed by atoms with Crippen molar-refractivity contribution >= 4 is 5.91 Å². The highest BCUT2D eigenvalue weighted by Crippen LogP contribution is 2.18. The number of benzene rings is 1. The van der Waals surface area contributed by atoms with Gasteiger partial charge in [0, 0.05) is 11.6 Å². The van der Waals surface area contributed by atoms with E-state index in [0.29, 0.717) is 12.6 Å². The largest absolute Gasteiger partial charge is 0.349 e. The van der Waals surface area contributed by atoms with Gasteiger partial charge in [-0.1, -0.05) is 37.5 Å². The van der Waals surface area contributed by atoms with Crippen LogP contribution in [0.2, 0.25) is 0 Å². The Balaban J connectivity index is 2.03. The van der Waals surface area contributed by atoms with Crippen LogP contribution in [-0.4, -0.2) is 18.5 Å². The highest BCUT2D eigenvalue weighted by Gasteiger charge is 2.17. The van der Waals surface area contributed by atoms with E-state index in [1.165, 1.54) is 19.3 Å². The third kappa shape index (κ3) is 3.33. The van der Waals surface area contributed by atoms with Gasteiger partial charge in [0.2, 0.25) is 0 Å². The minimum absolute atomic E-state index is 0.0611. The molecule has 3 nitrogen and oxygen atoms in total. The van der Waals surface area contributed by atoms with Gasteiger partial charge in [0.15, 0.2) is 0 Å². The molecule has 0 aliphatic heterocycles. The van der Waals surface area contributed by atoms with Crippen LogP contribution in [0.5, 0.6) is 0 Å². The lowest BCUT2D eigenvalue weighted by Crippen LogP contribution is -2.36. The van der Waals surface area contributed by atoms with Crippen molar-refractivity contribution in [3.63, 3.8) is 0 Å². The Labute approximate surface area is 109 Å². The summed E-state index contributed by atoms with van der Waals surface area (Å²) in [6, 6.07) is 8.11. The number of carbonyl (C=O) groups excluding carboxylic acids is 1. The lowest BCUT2D eigenvalue weighted by atomic mass is 9.95. The molecule has 0 bridgehead atoms. The molecule has 0 aromatic heterocycles. The van der Waals surface area contributed by atoms with Gasteiger partial charge in [-0.15, -0.1) is 0 Å². The summed E-state index contributed by atoms with van der Waals surface area (Å²) in [7, 11) is 0. The monoisotopic (exact) mass is 246 g/mol. The fourth-order valence-corrected chi connectivity index (χ4v) is 2.63. The van der Waals surface area contributed by atoms with Crippen LogP contribution in [0.25, 0.3) is 0 Å². The number of rotatable bonds is 4. The number of carbonyl (C=O) groups is 1. The van der Waals surface area contributed by atoms with Crippen molar-refractivity contribution < 1.29 is 4.79 Å². The number of nitrogens with one attached hydrogen (secondary N) is 1. The molecule has 1 amide bonds. The summed E-state index contributed by atoms with van der Waals surface area (Å²) in [5.74, 6) is 0.0611. The summed E-state index contributed by atoms with van der Waals surface area (Å²) in [5, 5.41) is 3.15. The Morgan fingerprint density at radius 2 is 1.94 bits per heavy atom. The molecule has 1 aromatic carbocycles. The van der Waals surface area contributed by atoms with Crippen LogP contribution in [0.1, 0.15) is 48.0 Å². The zero-order valence-electron chi connectivity index (χ0n) is 10.8. The Morgan fingerprint density at radius 3 is 2.67 bits per heavy atom. The fraction of sp³-hybridized carbons (Fsp3) is 0.533. The van der Waals surface area contributed by atoms with Crippen LogP contribution in [0.15, 0.2) is 24.3 Å². The van der Waals surface area contributed by atoms with Crippen LogP contribution in [0, 0.1) is 0 Å². The van der Waals surface area contributed by atoms with E-state index in [4.69, 9.17) is 5.73 Å². The predicted octanol–water partition coefficient (Wildman–Crippen LogP) is 2.25. The van der Waals surface area contributed by atoms with Crippen LogP contribution < -0.4 is 11.1 Å². The average molecular weight is 246 g/mol. The minimum atomic E-state index is 0.0611. The molecule has 1 fully saturated rings. The molecule has 0 spiro atoms. The first-order valence-electron chi connectivity index (χ1n) is 6.90. The molecular formula is C15H22N2O. The van der Waals surface area contributed by atoms with Crippen LogP contribution in [0.3, 0.4) is 0 Å². The van der Waals surface area contributed by atoms with Crippen LogP contribution in [-0.2, 0) is 6.42 Å². The molecule has 0 radical (unpaired) electrons. The van der Waals surface area contributed by atoms with E-state index in [1.807, 2.05) is 24.3 Å². The van der Waals surface area contributed by atoms with Crippen LogP contribution in [0.4, 0.5) is 0 Å². The van der Waals surface area contributed by atoms with Gasteiger partial charge in [-0.2, -0.15) is 0 Å². The van der Waals surface area contributed by atoms with Crippen molar-refractivity contribution in [3.8, 4) is 0 Å². The molecule has 0 heterocycles. The maximum Gasteiger partial charge on any atom is 0.251 e. The van der Waals surface area contributed by atoms with Crippen molar-refractivity contribution in [1.29, 1.82) is 0 Å². The number of hydrogen-bond donors (Lipinski definition) is 2. The second-order valence-electron chi connectivity index (χ2n) is 5.00. The van der Waals surface area contributed by atoms with Gasteiger partial charge in [0.1, 0.15) is 0 Å². The van der Waals surface area contributed by atoms with Gasteiger partial charge >= 0.3 is 0 Å². The molecule has 3 N–H and O–H groups in total. The topological polar surface area (TPSA) is 55.1 Å². The molecule has 3 heteroatoms.